The summed E-state index contributed by atoms with van der Waals surface area (Å²) in [5.74, 6) is -0.485. The third kappa shape index (κ3) is 3.35. The van der Waals surface area contributed by atoms with Gasteiger partial charge in [-0.05, 0) is 31.4 Å². The molecule has 1 aromatic carbocycles. The highest BCUT2D eigenvalue weighted by Gasteiger charge is 2.33. The van der Waals surface area contributed by atoms with E-state index in [-0.39, 0.29) is 18.4 Å². The fourth-order valence-electron chi connectivity index (χ4n) is 2.27. The van der Waals surface area contributed by atoms with Crippen LogP contribution in [0.1, 0.15) is 25.8 Å². The minimum absolute atomic E-state index is 0.135. The average Bonchev–Trinajstić information content (AvgIpc) is 2.51. The van der Waals surface area contributed by atoms with E-state index in [2.05, 4.69) is 5.32 Å². The number of aliphatic carboxylic acids is 1. The van der Waals surface area contributed by atoms with Crippen molar-refractivity contribution in [2.24, 2.45) is 11.3 Å². The van der Waals surface area contributed by atoms with Gasteiger partial charge in [0.05, 0.1) is 11.3 Å². The van der Waals surface area contributed by atoms with Crippen LogP contribution in [0.4, 0.5) is 0 Å². The number of carbonyl (C=O) groups is 2. The summed E-state index contributed by atoms with van der Waals surface area (Å²) in [5.41, 5.74) is 0.0868. The molecular weight excluding hydrogens is 270 g/mol. The molecule has 0 radical (unpaired) electrons. The molecule has 21 heavy (non-hydrogen) atoms. The smallest absolute Gasteiger partial charge is 0.311 e. The zero-order valence-electron chi connectivity index (χ0n) is 12.4. The van der Waals surface area contributed by atoms with E-state index in [4.69, 9.17) is 4.74 Å². The lowest BCUT2D eigenvalue weighted by molar-refractivity contribution is -0.148. The Morgan fingerprint density at radius 2 is 2.14 bits per heavy atom. The van der Waals surface area contributed by atoms with Gasteiger partial charge in [0, 0.05) is 6.54 Å². The van der Waals surface area contributed by atoms with Crippen molar-refractivity contribution in [2.45, 2.75) is 26.7 Å². The van der Waals surface area contributed by atoms with Gasteiger partial charge in [-0.2, -0.15) is 0 Å². The van der Waals surface area contributed by atoms with Gasteiger partial charge < -0.3 is 15.2 Å². The molecular formula is C16H21NO4. The molecule has 0 saturated carbocycles. The third-order valence-corrected chi connectivity index (χ3v) is 4.20. The zero-order chi connectivity index (χ0) is 15.5. The van der Waals surface area contributed by atoms with Gasteiger partial charge in [0.1, 0.15) is 12.4 Å². The number of hydrogen-bond donors (Lipinski definition) is 2. The number of ether oxygens (including phenoxy) is 1. The first-order valence-corrected chi connectivity index (χ1v) is 7.18. The number of fused-ring (bicyclic) bond motifs is 1. The van der Waals surface area contributed by atoms with E-state index >= 15 is 0 Å². The Morgan fingerprint density at radius 1 is 1.43 bits per heavy atom. The fourth-order valence-corrected chi connectivity index (χ4v) is 2.27. The quantitative estimate of drug-likeness (QED) is 0.868. The minimum Gasteiger partial charge on any atom is -0.492 e. The monoisotopic (exact) mass is 291 g/mol. The van der Waals surface area contributed by atoms with Crippen molar-refractivity contribution < 1.29 is 19.4 Å². The van der Waals surface area contributed by atoms with Crippen molar-refractivity contribution in [3.63, 3.8) is 0 Å². The second-order valence-corrected chi connectivity index (χ2v) is 5.76. The Hall–Kier alpha value is -2.04. The van der Waals surface area contributed by atoms with Gasteiger partial charge in [0.25, 0.3) is 0 Å². The predicted octanol–water partition coefficient (Wildman–Crippen LogP) is 1.85. The SMILES string of the molecule is CCC(C)(CNC(=O)C1COc2ccccc2C1)C(=O)O. The van der Waals surface area contributed by atoms with Gasteiger partial charge in [-0.1, -0.05) is 25.1 Å². The molecule has 0 aromatic heterocycles. The Morgan fingerprint density at radius 3 is 2.81 bits per heavy atom. The van der Waals surface area contributed by atoms with Gasteiger partial charge in [0.2, 0.25) is 5.91 Å². The summed E-state index contributed by atoms with van der Waals surface area (Å²) in [4.78, 5) is 23.4. The van der Waals surface area contributed by atoms with Crippen LogP contribution in [-0.2, 0) is 16.0 Å². The molecule has 0 fully saturated rings. The number of carboxylic acids is 1. The lowest BCUT2D eigenvalue weighted by Crippen LogP contribution is -2.44. The van der Waals surface area contributed by atoms with Crippen LogP contribution >= 0.6 is 0 Å². The molecule has 2 N–H and O–H groups in total. The molecule has 5 nitrogen and oxygen atoms in total. The summed E-state index contributed by atoms with van der Waals surface area (Å²) in [6, 6.07) is 7.66. The van der Waals surface area contributed by atoms with Gasteiger partial charge in [-0.15, -0.1) is 0 Å². The molecule has 114 valence electrons. The maximum Gasteiger partial charge on any atom is 0.311 e. The molecule has 2 unspecified atom stereocenters. The minimum atomic E-state index is -0.927. The van der Waals surface area contributed by atoms with Crippen molar-refractivity contribution >= 4 is 11.9 Å². The van der Waals surface area contributed by atoms with Gasteiger partial charge in [-0.3, -0.25) is 9.59 Å². The summed E-state index contributed by atoms with van der Waals surface area (Å²) < 4.78 is 5.59. The van der Waals surface area contributed by atoms with Crippen LogP contribution in [0.2, 0.25) is 0 Å². The Balaban J connectivity index is 1.95. The molecule has 0 aliphatic carbocycles. The lowest BCUT2D eigenvalue weighted by atomic mass is 9.87. The molecule has 1 aliphatic heterocycles. The van der Waals surface area contributed by atoms with Crippen LogP contribution in [-0.4, -0.2) is 30.1 Å². The third-order valence-electron chi connectivity index (χ3n) is 4.20. The van der Waals surface area contributed by atoms with Crippen LogP contribution in [0.25, 0.3) is 0 Å². The molecule has 2 atom stereocenters. The second-order valence-electron chi connectivity index (χ2n) is 5.76. The summed E-state index contributed by atoms with van der Waals surface area (Å²) >= 11 is 0. The van der Waals surface area contributed by atoms with E-state index in [1.807, 2.05) is 24.3 Å². The number of carboxylic acid groups (broad SMARTS) is 1. The summed E-state index contributed by atoms with van der Waals surface area (Å²) in [6.45, 7) is 3.91. The van der Waals surface area contributed by atoms with Crippen LogP contribution < -0.4 is 10.1 Å². The highest BCUT2D eigenvalue weighted by molar-refractivity contribution is 5.81. The average molecular weight is 291 g/mol. The van der Waals surface area contributed by atoms with Crippen LogP contribution in [0.15, 0.2) is 24.3 Å². The molecule has 1 aromatic rings. The van der Waals surface area contributed by atoms with Crippen LogP contribution in [0.3, 0.4) is 0 Å². The number of hydrogen-bond acceptors (Lipinski definition) is 3. The molecule has 1 amide bonds. The standard InChI is InChI=1S/C16H21NO4/c1-3-16(2,15(19)20)10-17-14(18)12-8-11-6-4-5-7-13(11)21-9-12/h4-7,12H,3,8-10H2,1-2H3,(H,17,18)(H,19,20). The van der Waals surface area contributed by atoms with Gasteiger partial charge in [-0.25, -0.2) is 0 Å². The normalized spacial score (nSPS) is 19.8. The molecule has 0 bridgehead atoms. The molecule has 1 heterocycles. The number of amides is 1. The van der Waals surface area contributed by atoms with Crippen molar-refractivity contribution in [1.29, 1.82) is 0 Å². The van der Waals surface area contributed by atoms with E-state index in [0.717, 1.165) is 11.3 Å². The van der Waals surface area contributed by atoms with Crippen molar-refractivity contribution in [3.8, 4) is 5.75 Å². The summed E-state index contributed by atoms with van der Waals surface area (Å²) in [6.07, 6.45) is 1.09. The topological polar surface area (TPSA) is 75.6 Å². The zero-order valence-corrected chi connectivity index (χ0v) is 12.4. The summed E-state index contributed by atoms with van der Waals surface area (Å²) in [5, 5.41) is 12.0. The van der Waals surface area contributed by atoms with Gasteiger partial charge >= 0.3 is 5.97 Å². The number of benzene rings is 1. The highest BCUT2D eigenvalue weighted by Crippen LogP contribution is 2.27. The summed E-state index contributed by atoms with van der Waals surface area (Å²) in [7, 11) is 0. The van der Waals surface area contributed by atoms with Crippen LogP contribution in [0.5, 0.6) is 5.75 Å². The number of carbonyl (C=O) groups excluding carboxylic acids is 1. The van der Waals surface area contributed by atoms with Crippen molar-refractivity contribution in [2.75, 3.05) is 13.2 Å². The fraction of sp³-hybridized carbons (Fsp3) is 0.500. The molecule has 5 heteroatoms. The lowest BCUT2D eigenvalue weighted by Gasteiger charge is -2.27. The number of nitrogens with one attached hydrogen (secondary N) is 1. The van der Waals surface area contributed by atoms with E-state index < -0.39 is 11.4 Å². The van der Waals surface area contributed by atoms with Crippen molar-refractivity contribution in [1.82, 2.24) is 5.32 Å². The Labute approximate surface area is 124 Å². The first-order chi connectivity index (χ1) is 9.96. The number of para-hydroxylation sites is 1. The maximum atomic E-state index is 12.2. The molecule has 0 saturated heterocycles. The first-order valence-electron chi connectivity index (χ1n) is 7.18. The van der Waals surface area contributed by atoms with E-state index in [1.165, 1.54) is 0 Å². The largest absolute Gasteiger partial charge is 0.492 e. The van der Waals surface area contributed by atoms with Crippen molar-refractivity contribution in [3.05, 3.63) is 29.8 Å². The molecule has 0 spiro atoms. The highest BCUT2D eigenvalue weighted by atomic mass is 16.5. The predicted molar refractivity (Wildman–Crippen MR) is 78.2 cm³/mol. The van der Waals surface area contributed by atoms with E-state index in [9.17, 15) is 14.7 Å². The maximum absolute atomic E-state index is 12.2. The Bertz CT molecular complexity index is 543. The van der Waals surface area contributed by atoms with E-state index in [1.54, 1.807) is 13.8 Å². The van der Waals surface area contributed by atoms with Gasteiger partial charge in [0.15, 0.2) is 0 Å². The second kappa shape index (κ2) is 6.16. The number of rotatable bonds is 5. The van der Waals surface area contributed by atoms with Crippen LogP contribution in [0, 0.1) is 11.3 Å². The molecule has 2 rings (SSSR count). The first kappa shape index (κ1) is 15.4. The van der Waals surface area contributed by atoms with E-state index in [0.29, 0.717) is 19.4 Å². The molecule has 1 aliphatic rings. The Kier molecular flexibility index (Phi) is 4.50.